The molecule has 1 rings (SSSR count). The molecule has 0 aliphatic carbocycles. The van der Waals surface area contributed by atoms with Crippen LogP contribution in [-0.2, 0) is 4.79 Å². The lowest BCUT2D eigenvalue weighted by molar-refractivity contribution is -0.141. The van der Waals surface area contributed by atoms with Gasteiger partial charge in [-0.25, -0.2) is 9.18 Å². The molecule has 0 saturated carbocycles. The van der Waals surface area contributed by atoms with Gasteiger partial charge in [0.2, 0.25) is 0 Å². The van der Waals surface area contributed by atoms with Gasteiger partial charge >= 0.3 is 5.97 Å². The van der Waals surface area contributed by atoms with Gasteiger partial charge in [0, 0.05) is 0 Å². The van der Waals surface area contributed by atoms with Gasteiger partial charge in [0.05, 0.1) is 5.69 Å². The van der Waals surface area contributed by atoms with Crippen LogP contribution in [0.1, 0.15) is 19.4 Å². The first-order chi connectivity index (χ1) is 6.83. The minimum Gasteiger partial charge on any atom is -0.480 e. The van der Waals surface area contributed by atoms with Crippen molar-refractivity contribution in [1.29, 1.82) is 0 Å². The third-order valence-electron chi connectivity index (χ3n) is 2.10. The highest BCUT2D eigenvalue weighted by atomic mass is 19.1. The molecular weight excluding hydrogens is 197 g/mol. The maximum absolute atomic E-state index is 13.3. The zero-order valence-electron chi connectivity index (χ0n) is 8.97. The van der Waals surface area contributed by atoms with Crippen molar-refractivity contribution in [3.63, 3.8) is 0 Å². The van der Waals surface area contributed by atoms with Crippen LogP contribution in [0, 0.1) is 12.7 Å². The summed E-state index contributed by atoms with van der Waals surface area (Å²) >= 11 is 0. The molecular formula is C11H14FNO2. The second-order valence-corrected chi connectivity index (χ2v) is 4.04. The zero-order chi connectivity index (χ0) is 11.6. The van der Waals surface area contributed by atoms with E-state index in [4.69, 9.17) is 5.11 Å². The summed E-state index contributed by atoms with van der Waals surface area (Å²) in [7, 11) is 0. The third kappa shape index (κ3) is 2.68. The number of aliphatic carboxylic acids is 1. The van der Waals surface area contributed by atoms with Crippen LogP contribution in [0.25, 0.3) is 0 Å². The van der Waals surface area contributed by atoms with Crippen molar-refractivity contribution in [2.75, 3.05) is 5.32 Å². The van der Waals surface area contributed by atoms with Gasteiger partial charge in [-0.15, -0.1) is 0 Å². The summed E-state index contributed by atoms with van der Waals surface area (Å²) in [6, 6.07) is 4.53. The molecule has 0 aromatic heterocycles. The molecule has 2 N–H and O–H groups in total. The van der Waals surface area contributed by atoms with Gasteiger partial charge in [0.1, 0.15) is 11.4 Å². The van der Waals surface area contributed by atoms with Gasteiger partial charge in [0.15, 0.2) is 0 Å². The average Bonchev–Trinajstić information content (AvgIpc) is 2.10. The monoisotopic (exact) mass is 211 g/mol. The fraction of sp³-hybridized carbons (Fsp3) is 0.364. The van der Waals surface area contributed by atoms with E-state index in [1.54, 1.807) is 12.1 Å². The van der Waals surface area contributed by atoms with E-state index in [9.17, 15) is 9.18 Å². The minimum absolute atomic E-state index is 0.211. The largest absolute Gasteiger partial charge is 0.480 e. The van der Waals surface area contributed by atoms with Gasteiger partial charge in [-0.3, -0.25) is 0 Å². The quantitative estimate of drug-likeness (QED) is 0.807. The van der Waals surface area contributed by atoms with Gasteiger partial charge in [-0.05, 0) is 38.5 Å². The fourth-order valence-electron chi connectivity index (χ4n) is 1.13. The SMILES string of the molecule is Cc1ccc(F)c(NC(C)(C)C(=O)O)c1. The van der Waals surface area contributed by atoms with Gasteiger partial charge < -0.3 is 10.4 Å². The smallest absolute Gasteiger partial charge is 0.328 e. The molecule has 0 heterocycles. The number of nitrogens with one attached hydrogen (secondary N) is 1. The first-order valence-corrected chi connectivity index (χ1v) is 4.60. The number of carboxylic acids is 1. The highest BCUT2D eigenvalue weighted by Crippen LogP contribution is 2.20. The van der Waals surface area contributed by atoms with E-state index < -0.39 is 17.3 Å². The van der Waals surface area contributed by atoms with Crippen molar-refractivity contribution >= 4 is 11.7 Å². The van der Waals surface area contributed by atoms with E-state index in [2.05, 4.69) is 5.32 Å². The first kappa shape index (κ1) is 11.5. The van der Waals surface area contributed by atoms with E-state index in [-0.39, 0.29) is 5.69 Å². The molecule has 1 aromatic carbocycles. The van der Waals surface area contributed by atoms with E-state index >= 15 is 0 Å². The lowest BCUT2D eigenvalue weighted by atomic mass is 10.1. The predicted molar refractivity (Wildman–Crippen MR) is 56.5 cm³/mol. The lowest BCUT2D eigenvalue weighted by Crippen LogP contribution is -2.40. The van der Waals surface area contributed by atoms with Crippen LogP contribution in [0.2, 0.25) is 0 Å². The third-order valence-corrected chi connectivity index (χ3v) is 2.10. The summed E-state index contributed by atoms with van der Waals surface area (Å²) in [5.41, 5.74) is -0.100. The summed E-state index contributed by atoms with van der Waals surface area (Å²) in [5, 5.41) is 11.5. The normalized spacial score (nSPS) is 11.2. The second-order valence-electron chi connectivity index (χ2n) is 4.04. The number of carboxylic acid groups (broad SMARTS) is 1. The number of carbonyl (C=O) groups is 1. The number of rotatable bonds is 3. The number of aryl methyl sites for hydroxylation is 1. The Labute approximate surface area is 87.9 Å². The van der Waals surface area contributed by atoms with Crippen LogP contribution in [0.5, 0.6) is 0 Å². The summed E-state index contributed by atoms with van der Waals surface area (Å²) in [5.74, 6) is -1.47. The molecule has 0 atom stereocenters. The van der Waals surface area contributed by atoms with E-state index in [1.165, 1.54) is 19.9 Å². The fourth-order valence-corrected chi connectivity index (χ4v) is 1.13. The predicted octanol–water partition coefficient (Wildman–Crippen LogP) is 2.41. The molecule has 0 fully saturated rings. The number of anilines is 1. The van der Waals surface area contributed by atoms with Crippen molar-refractivity contribution in [2.24, 2.45) is 0 Å². The Morgan fingerprint density at radius 2 is 2.07 bits per heavy atom. The average molecular weight is 211 g/mol. The van der Waals surface area contributed by atoms with Crippen molar-refractivity contribution in [3.05, 3.63) is 29.6 Å². The number of halogens is 1. The molecule has 0 unspecified atom stereocenters. The zero-order valence-corrected chi connectivity index (χ0v) is 8.97. The molecule has 0 radical (unpaired) electrons. The van der Waals surface area contributed by atoms with Crippen molar-refractivity contribution < 1.29 is 14.3 Å². The number of hydrogen-bond donors (Lipinski definition) is 2. The van der Waals surface area contributed by atoms with Crippen molar-refractivity contribution in [2.45, 2.75) is 26.3 Å². The molecule has 0 amide bonds. The number of hydrogen-bond acceptors (Lipinski definition) is 2. The molecule has 0 bridgehead atoms. The molecule has 0 spiro atoms. The van der Waals surface area contributed by atoms with E-state index in [1.807, 2.05) is 6.92 Å². The Balaban J connectivity index is 2.99. The van der Waals surface area contributed by atoms with Crippen LogP contribution >= 0.6 is 0 Å². The Morgan fingerprint density at radius 3 is 2.60 bits per heavy atom. The Morgan fingerprint density at radius 1 is 1.47 bits per heavy atom. The highest BCUT2D eigenvalue weighted by Gasteiger charge is 2.27. The van der Waals surface area contributed by atoms with Gasteiger partial charge in [-0.2, -0.15) is 0 Å². The lowest BCUT2D eigenvalue weighted by Gasteiger charge is -2.22. The molecule has 0 aliphatic rings. The second kappa shape index (κ2) is 3.88. The maximum Gasteiger partial charge on any atom is 0.328 e. The van der Waals surface area contributed by atoms with Gasteiger partial charge in [-0.1, -0.05) is 6.07 Å². The van der Waals surface area contributed by atoms with Crippen LogP contribution in [0.3, 0.4) is 0 Å². The molecule has 3 nitrogen and oxygen atoms in total. The van der Waals surface area contributed by atoms with Crippen molar-refractivity contribution in [1.82, 2.24) is 0 Å². The van der Waals surface area contributed by atoms with E-state index in [0.717, 1.165) is 5.56 Å². The number of benzene rings is 1. The molecule has 1 aromatic rings. The van der Waals surface area contributed by atoms with Crippen LogP contribution in [0.4, 0.5) is 10.1 Å². The highest BCUT2D eigenvalue weighted by molar-refractivity contribution is 5.81. The molecule has 0 saturated heterocycles. The van der Waals surface area contributed by atoms with E-state index in [0.29, 0.717) is 0 Å². The molecule has 0 aliphatic heterocycles. The van der Waals surface area contributed by atoms with Crippen LogP contribution in [-0.4, -0.2) is 16.6 Å². The molecule has 4 heteroatoms. The molecule has 82 valence electrons. The van der Waals surface area contributed by atoms with Crippen LogP contribution < -0.4 is 5.32 Å². The summed E-state index contributed by atoms with van der Waals surface area (Å²) < 4.78 is 13.3. The van der Waals surface area contributed by atoms with Crippen LogP contribution in [0.15, 0.2) is 18.2 Å². The van der Waals surface area contributed by atoms with Crippen molar-refractivity contribution in [3.8, 4) is 0 Å². The molecule has 15 heavy (non-hydrogen) atoms. The Kier molecular flexibility index (Phi) is 2.98. The summed E-state index contributed by atoms with van der Waals surface area (Å²) in [6.07, 6.45) is 0. The Hall–Kier alpha value is -1.58. The topological polar surface area (TPSA) is 49.3 Å². The van der Waals surface area contributed by atoms with Gasteiger partial charge in [0.25, 0.3) is 0 Å². The summed E-state index contributed by atoms with van der Waals surface area (Å²) in [6.45, 7) is 4.78. The standard InChI is InChI=1S/C11H14FNO2/c1-7-4-5-8(12)9(6-7)13-11(2,3)10(14)15/h4-6,13H,1-3H3,(H,14,15). The first-order valence-electron chi connectivity index (χ1n) is 4.60. The minimum atomic E-state index is -1.19. The summed E-state index contributed by atoms with van der Waals surface area (Å²) in [4.78, 5) is 10.8. The maximum atomic E-state index is 13.3. The Bertz CT molecular complexity index is 388.